The summed E-state index contributed by atoms with van der Waals surface area (Å²) in [6.07, 6.45) is 36.1. The Balaban J connectivity index is -0.000000448. The van der Waals surface area contributed by atoms with Crippen molar-refractivity contribution < 1.29 is 14.4 Å². The summed E-state index contributed by atoms with van der Waals surface area (Å²) in [5, 5.41) is 0. The van der Waals surface area contributed by atoms with E-state index in [1.807, 2.05) is 0 Å². The van der Waals surface area contributed by atoms with Gasteiger partial charge in [-0.25, -0.2) is 0 Å². The van der Waals surface area contributed by atoms with Crippen LogP contribution in [0.3, 0.4) is 0 Å². The third-order valence-electron chi connectivity index (χ3n) is 5.27. The Kier molecular flexibility index (Phi) is 42.6. The first kappa shape index (κ1) is 39.1. The van der Waals surface area contributed by atoms with Crippen molar-refractivity contribution in [3.8, 4) is 46.3 Å². The molecule has 0 nitrogen and oxygen atoms in total. The minimum atomic E-state index is 0.422. The van der Waals surface area contributed by atoms with Crippen molar-refractivity contribution >= 4 is 15.8 Å². The zero-order chi connectivity index (χ0) is 26.8. The molecule has 0 amide bonds. The minimum Gasteiger partial charge on any atom is -0.107 e. The molecular formula is C32H56NiP2. The topological polar surface area (TPSA) is 0 Å². The molecule has 0 aromatic rings. The van der Waals surface area contributed by atoms with Gasteiger partial charge < -0.3 is 0 Å². The van der Waals surface area contributed by atoms with E-state index in [2.05, 4.69) is 75.0 Å². The van der Waals surface area contributed by atoms with Crippen LogP contribution in [0.2, 0.25) is 0 Å². The van der Waals surface area contributed by atoms with Crippen LogP contribution in [0.5, 0.6) is 0 Å². The number of terminal acetylenes is 2. The van der Waals surface area contributed by atoms with E-state index < -0.39 is 0 Å². The first-order valence-corrected chi connectivity index (χ1v) is 18.8. The standard InChI is InChI=1S/2C12H27P.2C4H.Ni/c2*1-4-7-10-13(11-8-5-2)12-9-6-3;2*1-3-4-2;/h2*4-12H2,1-3H3;2*1H;. The zero-order valence-corrected chi connectivity index (χ0v) is 26.9. The molecule has 0 aliphatic heterocycles. The van der Waals surface area contributed by atoms with Gasteiger partial charge in [-0.1, -0.05) is 80.1 Å². The maximum absolute atomic E-state index is 4.82. The molecular weight excluding hydrogens is 505 g/mol. The number of hydrogen-bond donors (Lipinski definition) is 0. The van der Waals surface area contributed by atoms with Crippen LogP contribution >= 0.6 is 15.8 Å². The second-order valence-electron chi connectivity index (χ2n) is 8.58. The Morgan fingerprint density at radius 3 is 0.857 bits per heavy atom. The van der Waals surface area contributed by atoms with Crippen LogP contribution in [0.4, 0.5) is 0 Å². The van der Waals surface area contributed by atoms with Gasteiger partial charge in [-0.15, -0.1) is 15.8 Å². The fourth-order valence-electron chi connectivity index (χ4n) is 3.07. The predicted molar refractivity (Wildman–Crippen MR) is 166 cm³/mol. The van der Waals surface area contributed by atoms with E-state index >= 15 is 0 Å². The third kappa shape index (κ3) is 38.3. The molecule has 0 saturated carbocycles. The van der Waals surface area contributed by atoms with Gasteiger partial charge in [-0.3, -0.25) is 0 Å². The summed E-state index contributed by atoms with van der Waals surface area (Å²) in [4.78, 5) is 5.10. The Morgan fingerprint density at radius 1 is 0.457 bits per heavy atom. The molecule has 0 rings (SSSR count). The Hall–Kier alpha value is -0.406. The largest absolute Gasteiger partial charge is 0.107 e. The summed E-state index contributed by atoms with van der Waals surface area (Å²) in [5.41, 5.74) is 0. The summed E-state index contributed by atoms with van der Waals surface area (Å²) in [7, 11) is 0.843. The minimum absolute atomic E-state index is 0.422. The van der Waals surface area contributed by atoms with Crippen LogP contribution in [-0.2, 0) is 14.4 Å². The molecule has 0 aromatic carbocycles. The maximum Gasteiger partial charge on any atom is -0.0326 e. The smallest absolute Gasteiger partial charge is 0.0326 e. The maximum atomic E-state index is 4.82. The van der Waals surface area contributed by atoms with Crippen LogP contribution in [0, 0.1) is 46.3 Å². The van der Waals surface area contributed by atoms with Crippen LogP contribution in [0.25, 0.3) is 0 Å². The average Bonchev–Trinajstić information content (AvgIpc) is 2.88. The molecule has 0 fully saturated rings. The summed E-state index contributed by atoms with van der Waals surface area (Å²) in [5.74, 6) is 9.07. The van der Waals surface area contributed by atoms with Gasteiger partial charge in [0.05, 0.1) is 0 Å². The normalized spacial score (nSPS) is 9.43. The van der Waals surface area contributed by atoms with E-state index in [-0.39, 0.29) is 0 Å². The quantitative estimate of drug-likeness (QED) is 0.0888. The Bertz CT molecular complexity index is 514. The zero-order valence-electron chi connectivity index (χ0n) is 24.1. The summed E-state index contributed by atoms with van der Waals surface area (Å²) < 4.78 is 0. The Labute approximate surface area is 231 Å². The van der Waals surface area contributed by atoms with Crippen LogP contribution in [0.15, 0.2) is 0 Å². The molecule has 0 N–H and O–H groups in total. The van der Waals surface area contributed by atoms with Crippen molar-refractivity contribution in [3.05, 3.63) is 0 Å². The van der Waals surface area contributed by atoms with Crippen LogP contribution in [-0.4, -0.2) is 37.0 Å². The van der Waals surface area contributed by atoms with E-state index in [1.54, 1.807) is 37.0 Å². The van der Waals surface area contributed by atoms with E-state index in [9.17, 15) is 0 Å². The second-order valence-corrected chi connectivity index (χ2v) is 14.7. The molecule has 0 aliphatic rings. The van der Waals surface area contributed by atoms with Gasteiger partial charge in [0.2, 0.25) is 0 Å². The average molecular weight is 561 g/mol. The number of rotatable bonds is 18. The molecule has 0 heterocycles. The first-order valence-electron chi connectivity index (χ1n) is 14.0. The van der Waals surface area contributed by atoms with Crippen molar-refractivity contribution in [3.63, 3.8) is 0 Å². The molecule has 0 bridgehead atoms. The van der Waals surface area contributed by atoms with E-state index in [0.29, 0.717) is 15.8 Å². The van der Waals surface area contributed by atoms with Crippen molar-refractivity contribution in [2.24, 2.45) is 0 Å². The molecule has 0 saturated heterocycles. The fourth-order valence-corrected chi connectivity index (χ4v) is 9.32. The van der Waals surface area contributed by atoms with Crippen molar-refractivity contribution in [2.75, 3.05) is 37.0 Å². The fraction of sp³-hybridized carbons (Fsp3) is 0.750. The molecule has 3 heteroatoms. The van der Waals surface area contributed by atoms with Gasteiger partial charge in [-0.05, 0) is 75.5 Å². The van der Waals surface area contributed by atoms with Crippen molar-refractivity contribution in [1.29, 1.82) is 0 Å². The van der Waals surface area contributed by atoms with Gasteiger partial charge in [0, 0.05) is 0 Å². The second kappa shape index (κ2) is 38.1. The molecule has 204 valence electrons. The predicted octanol–water partition coefficient (Wildman–Crippen LogP) is 9.99. The Morgan fingerprint density at radius 2 is 0.686 bits per heavy atom. The van der Waals surface area contributed by atoms with Crippen LogP contribution < -0.4 is 0 Å². The van der Waals surface area contributed by atoms with Crippen molar-refractivity contribution in [1.82, 2.24) is 0 Å². The molecule has 0 unspecified atom stereocenters. The van der Waals surface area contributed by atoms with E-state index in [4.69, 9.17) is 12.8 Å². The van der Waals surface area contributed by atoms with Gasteiger partial charge in [-0.2, -0.15) is 0 Å². The van der Waals surface area contributed by atoms with Gasteiger partial charge in [0.25, 0.3) is 0 Å². The third-order valence-corrected chi connectivity index (χ3v) is 11.5. The van der Waals surface area contributed by atoms with E-state index in [0.717, 1.165) is 14.4 Å². The molecule has 0 atom stereocenters. The van der Waals surface area contributed by atoms with Gasteiger partial charge >= 0.3 is 60.7 Å². The van der Waals surface area contributed by atoms with Crippen molar-refractivity contribution in [2.45, 2.75) is 119 Å². The van der Waals surface area contributed by atoms with Gasteiger partial charge in [0.1, 0.15) is 0 Å². The number of unbranched alkanes of at least 4 members (excludes halogenated alkanes) is 6. The molecule has 0 aliphatic carbocycles. The molecule has 0 spiro atoms. The van der Waals surface area contributed by atoms with Crippen LogP contribution in [0.1, 0.15) is 119 Å². The first-order chi connectivity index (χ1) is 17.1. The SMILES string of the molecule is C#CC#[C][Ni][C]#CC#C.CCCCP(CCCC)CCCC.CCCCP(CCCC)CCCC. The summed E-state index contributed by atoms with van der Waals surface area (Å²) >= 11 is 0.935. The summed E-state index contributed by atoms with van der Waals surface area (Å²) in [6, 6.07) is 0. The molecule has 0 aromatic heterocycles. The monoisotopic (exact) mass is 560 g/mol. The van der Waals surface area contributed by atoms with Gasteiger partial charge in [0.15, 0.2) is 0 Å². The molecule has 0 radical (unpaired) electrons. The number of hydrogen-bond acceptors (Lipinski definition) is 0. The van der Waals surface area contributed by atoms with E-state index in [1.165, 1.54) is 77.0 Å². The summed E-state index contributed by atoms with van der Waals surface area (Å²) in [6.45, 7) is 13.9. The molecule has 35 heavy (non-hydrogen) atoms.